The normalized spacial score (nSPS) is 30.5. The standard InChI is InChI=1S/C13H21NO2/c1-3-10(2)13(15)16-9-11-6-8-14-7-4-5-12(11)14/h3,11-12H,4-9H2,1-2H3/b10-3-/t11-,12-/m0/s1. The van der Waals surface area contributed by atoms with Gasteiger partial charge in [0.25, 0.3) is 0 Å². The average Bonchev–Trinajstić information content (AvgIpc) is 2.87. The van der Waals surface area contributed by atoms with Crippen molar-refractivity contribution in [2.45, 2.75) is 39.2 Å². The van der Waals surface area contributed by atoms with Crippen LogP contribution in [-0.2, 0) is 9.53 Å². The molecule has 3 nitrogen and oxygen atoms in total. The number of hydrogen-bond acceptors (Lipinski definition) is 3. The van der Waals surface area contributed by atoms with Crippen LogP contribution in [0, 0.1) is 5.92 Å². The number of rotatable bonds is 3. The highest BCUT2D eigenvalue weighted by molar-refractivity contribution is 5.87. The third kappa shape index (κ3) is 2.29. The molecule has 0 N–H and O–H groups in total. The Hall–Kier alpha value is -0.830. The van der Waals surface area contributed by atoms with Crippen LogP contribution >= 0.6 is 0 Å². The minimum Gasteiger partial charge on any atom is -0.462 e. The van der Waals surface area contributed by atoms with Crippen LogP contribution in [0.2, 0.25) is 0 Å². The first-order chi connectivity index (χ1) is 7.72. The lowest BCUT2D eigenvalue weighted by molar-refractivity contribution is -0.140. The van der Waals surface area contributed by atoms with Gasteiger partial charge in [0, 0.05) is 17.5 Å². The zero-order valence-corrected chi connectivity index (χ0v) is 10.2. The summed E-state index contributed by atoms with van der Waals surface area (Å²) >= 11 is 0. The predicted molar refractivity (Wildman–Crippen MR) is 63.1 cm³/mol. The summed E-state index contributed by atoms with van der Waals surface area (Å²) in [4.78, 5) is 14.1. The molecule has 0 amide bonds. The molecule has 0 aromatic rings. The third-order valence-electron chi connectivity index (χ3n) is 3.93. The van der Waals surface area contributed by atoms with E-state index in [4.69, 9.17) is 4.74 Å². The van der Waals surface area contributed by atoms with Gasteiger partial charge in [0.15, 0.2) is 0 Å². The Kier molecular flexibility index (Phi) is 3.64. The molecule has 90 valence electrons. The molecule has 2 atom stereocenters. The highest BCUT2D eigenvalue weighted by Crippen LogP contribution is 2.32. The smallest absolute Gasteiger partial charge is 0.333 e. The van der Waals surface area contributed by atoms with Gasteiger partial charge in [0.05, 0.1) is 6.61 Å². The Morgan fingerprint density at radius 2 is 2.25 bits per heavy atom. The first-order valence-electron chi connectivity index (χ1n) is 6.26. The second-order valence-electron chi connectivity index (χ2n) is 4.86. The van der Waals surface area contributed by atoms with E-state index in [0.29, 0.717) is 24.1 Å². The fourth-order valence-corrected chi connectivity index (χ4v) is 2.80. The van der Waals surface area contributed by atoms with Crippen molar-refractivity contribution in [3.05, 3.63) is 11.6 Å². The van der Waals surface area contributed by atoms with E-state index in [9.17, 15) is 4.79 Å². The molecule has 16 heavy (non-hydrogen) atoms. The number of nitrogens with zero attached hydrogens (tertiary/aromatic N) is 1. The van der Waals surface area contributed by atoms with Crippen LogP contribution in [0.25, 0.3) is 0 Å². The van der Waals surface area contributed by atoms with Crippen molar-refractivity contribution >= 4 is 5.97 Å². The van der Waals surface area contributed by atoms with Crippen LogP contribution < -0.4 is 0 Å². The third-order valence-corrected chi connectivity index (χ3v) is 3.93. The minimum atomic E-state index is -0.154. The molecule has 0 aromatic carbocycles. The van der Waals surface area contributed by atoms with E-state index in [-0.39, 0.29) is 5.97 Å². The van der Waals surface area contributed by atoms with E-state index >= 15 is 0 Å². The summed E-state index contributed by atoms with van der Waals surface area (Å²) in [6.45, 7) is 6.70. The lowest BCUT2D eigenvalue weighted by atomic mass is 9.99. The van der Waals surface area contributed by atoms with Crippen LogP contribution in [0.1, 0.15) is 33.1 Å². The maximum atomic E-state index is 11.5. The highest BCUT2D eigenvalue weighted by Gasteiger charge is 2.37. The number of carbonyl (C=O) groups is 1. The van der Waals surface area contributed by atoms with Gasteiger partial charge in [-0.15, -0.1) is 0 Å². The van der Waals surface area contributed by atoms with E-state index in [0.717, 1.165) is 0 Å². The topological polar surface area (TPSA) is 29.5 Å². The molecule has 0 saturated carbocycles. The van der Waals surface area contributed by atoms with Crippen molar-refractivity contribution in [2.75, 3.05) is 19.7 Å². The number of ether oxygens (including phenoxy) is 1. The fourth-order valence-electron chi connectivity index (χ4n) is 2.80. The van der Waals surface area contributed by atoms with Gasteiger partial charge in [-0.25, -0.2) is 4.79 Å². The second-order valence-corrected chi connectivity index (χ2v) is 4.86. The molecule has 0 radical (unpaired) electrons. The SMILES string of the molecule is C/C=C(/C)C(=O)OC[C@@H]1CCN2CCC[C@@H]12. The fraction of sp³-hybridized carbons (Fsp3) is 0.769. The van der Waals surface area contributed by atoms with Crippen LogP contribution in [0.5, 0.6) is 0 Å². The number of carbonyl (C=O) groups excluding carboxylic acids is 1. The summed E-state index contributed by atoms with van der Waals surface area (Å²) in [6.07, 6.45) is 5.58. The van der Waals surface area contributed by atoms with Gasteiger partial charge in [-0.3, -0.25) is 4.90 Å². The Balaban J connectivity index is 1.80. The largest absolute Gasteiger partial charge is 0.462 e. The lowest BCUT2D eigenvalue weighted by Crippen LogP contribution is -2.28. The lowest BCUT2D eigenvalue weighted by Gasteiger charge is -2.19. The molecular formula is C13H21NO2. The first kappa shape index (κ1) is 11.6. The molecule has 0 aromatic heterocycles. The Morgan fingerprint density at radius 3 is 3.00 bits per heavy atom. The van der Waals surface area contributed by atoms with Gasteiger partial charge < -0.3 is 4.74 Å². The molecule has 2 heterocycles. The van der Waals surface area contributed by atoms with Gasteiger partial charge in [-0.05, 0) is 46.2 Å². The Bertz CT molecular complexity index is 298. The maximum absolute atomic E-state index is 11.5. The van der Waals surface area contributed by atoms with E-state index < -0.39 is 0 Å². The molecule has 0 aliphatic carbocycles. The van der Waals surface area contributed by atoms with Crippen molar-refractivity contribution in [1.82, 2.24) is 4.90 Å². The summed E-state index contributed by atoms with van der Waals surface area (Å²) < 4.78 is 5.35. The van der Waals surface area contributed by atoms with Crippen LogP contribution in [0.3, 0.4) is 0 Å². The summed E-state index contributed by atoms with van der Waals surface area (Å²) in [5.41, 5.74) is 0.710. The molecule has 0 spiro atoms. The molecule has 0 unspecified atom stereocenters. The van der Waals surface area contributed by atoms with Crippen molar-refractivity contribution in [3.63, 3.8) is 0 Å². The van der Waals surface area contributed by atoms with Crippen molar-refractivity contribution in [1.29, 1.82) is 0 Å². The molecule has 2 saturated heterocycles. The monoisotopic (exact) mass is 223 g/mol. The Labute approximate surface area is 97.5 Å². The zero-order valence-electron chi connectivity index (χ0n) is 10.2. The zero-order chi connectivity index (χ0) is 11.5. The summed E-state index contributed by atoms with van der Waals surface area (Å²) in [5.74, 6) is 0.412. The van der Waals surface area contributed by atoms with E-state index in [1.165, 1.54) is 32.4 Å². The van der Waals surface area contributed by atoms with Gasteiger partial charge in [0.1, 0.15) is 0 Å². The highest BCUT2D eigenvalue weighted by atomic mass is 16.5. The Morgan fingerprint density at radius 1 is 1.44 bits per heavy atom. The van der Waals surface area contributed by atoms with Crippen molar-refractivity contribution in [3.8, 4) is 0 Å². The first-order valence-corrected chi connectivity index (χ1v) is 6.26. The molecule has 2 rings (SSSR count). The summed E-state index contributed by atoms with van der Waals surface area (Å²) in [6, 6.07) is 0.679. The number of allylic oxidation sites excluding steroid dienone is 1. The van der Waals surface area contributed by atoms with Crippen LogP contribution in [-0.4, -0.2) is 36.6 Å². The quantitative estimate of drug-likeness (QED) is 0.541. The van der Waals surface area contributed by atoms with Crippen LogP contribution in [0.4, 0.5) is 0 Å². The maximum Gasteiger partial charge on any atom is 0.333 e. The van der Waals surface area contributed by atoms with E-state index in [2.05, 4.69) is 4.90 Å². The second kappa shape index (κ2) is 5.00. The molecule has 3 heteroatoms. The minimum absolute atomic E-state index is 0.154. The van der Waals surface area contributed by atoms with Gasteiger partial charge in [-0.2, -0.15) is 0 Å². The molecule has 0 bridgehead atoms. The van der Waals surface area contributed by atoms with E-state index in [1.54, 1.807) is 13.0 Å². The van der Waals surface area contributed by atoms with Gasteiger partial charge in [-0.1, -0.05) is 6.08 Å². The molecule has 2 aliphatic heterocycles. The van der Waals surface area contributed by atoms with E-state index in [1.807, 2.05) is 6.92 Å². The summed E-state index contributed by atoms with van der Waals surface area (Å²) in [7, 11) is 0. The van der Waals surface area contributed by atoms with Crippen molar-refractivity contribution in [2.24, 2.45) is 5.92 Å². The average molecular weight is 223 g/mol. The number of fused-ring (bicyclic) bond motifs is 1. The molecular weight excluding hydrogens is 202 g/mol. The number of hydrogen-bond donors (Lipinski definition) is 0. The summed E-state index contributed by atoms with van der Waals surface area (Å²) in [5, 5.41) is 0. The number of esters is 1. The predicted octanol–water partition coefficient (Wildman–Crippen LogP) is 1.98. The van der Waals surface area contributed by atoms with Crippen molar-refractivity contribution < 1.29 is 9.53 Å². The van der Waals surface area contributed by atoms with Gasteiger partial charge >= 0.3 is 5.97 Å². The molecule has 2 aliphatic rings. The van der Waals surface area contributed by atoms with Crippen LogP contribution in [0.15, 0.2) is 11.6 Å². The molecule has 2 fully saturated rings. The van der Waals surface area contributed by atoms with Gasteiger partial charge in [0.2, 0.25) is 0 Å².